The molecular weight excluding hydrogens is 407 g/mol. The van der Waals surface area contributed by atoms with E-state index in [9.17, 15) is 14.0 Å². The highest BCUT2D eigenvalue weighted by Crippen LogP contribution is 2.38. The summed E-state index contributed by atoms with van der Waals surface area (Å²) in [6.07, 6.45) is 2.82. The number of para-hydroxylation sites is 1. The average molecular weight is 425 g/mol. The van der Waals surface area contributed by atoms with Gasteiger partial charge in [-0.05, 0) is 48.3 Å². The number of aromatic nitrogens is 1. The summed E-state index contributed by atoms with van der Waals surface area (Å²) >= 11 is 6.18. The fourth-order valence-corrected chi connectivity index (χ4v) is 3.83. The van der Waals surface area contributed by atoms with Crippen molar-refractivity contribution in [3.05, 3.63) is 75.7 Å². The standard InChI is InChI=1S/C23H18ClFN2O3/c1-26-20(28)12-30-23(29)21-14-5-2-3-8-19(14)27-22-13(9-10-15(21)22)11-16-17(24)6-4-7-18(16)25/h2-8,11H,9-10,12H2,1H3,(H,26,28)/b13-11+. The van der Waals surface area contributed by atoms with Gasteiger partial charge < -0.3 is 10.1 Å². The molecule has 0 saturated carbocycles. The molecule has 1 aromatic heterocycles. The van der Waals surface area contributed by atoms with Gasteiger partial charge in [-0.3, -0.25) is 4.79 Å². The first-order valence-electron chi connectivity index (χ1n) is 9.44. The second-order valence-electron chi connectivity index (χ2n) is 6.89. The van der Waals surface area contributed by atoms with E-state index in [1.165, 1.54) is 13.1 Å². The number of ether oxygens (including phenoxy) is 1. The molecule has 3 aromatic rings. The van der Waals surface area contributed by atoms with Gasteiger partial charge in [0.1, 0.15) is 5.82 Å². The number of pyridine rings is 1. The highest BCUT2D eigenvalue weighted by Gasteiger charge is 2.28. The number of fused-ring (bicyclic) bond motifs is 2. The summed E-state index contributed by atoms with van der Waals surface area (Å²) in [5.41, 5.74) is 3.45. The third-order valence-corrected chi connectivity index (χ3v) is 5.41. The molecule has 1 heterocycles. The minimum atomic E-state index is -0.585. The lowest BCUT2D eigenvalue weighted by Crippen LogP contribution is -2.25. The van der Waals surface area contributed by atoms with E-state index in [1.54, 1.807) is 30.3 Å². The minimum Gasteiger partial charge on any atom is -0.452 e. The van der Waals surface area contributed by atoms with E-state index in [2.05, 4.69) is 5.32 Å². The molecule has 1 N–H and O–H groups in total. The number of benzene rings is 2. The Balaban J connectivity index is 1.84. The fourth-order valence-electron chi connectivity index (χ4n) is 3.61. The predicted molar refractivity (Wildman–Crippen MR) is 114 cm³/mol. The van der Waals surface area contributed by atoms with Crippen LogP contribution in [0, 0.1) is 5.82 Å². The number of carbonyl (C=O) groups is 2. The topological polar surface area (TPSA) is 68.3 Å². The van der Waals surface area contributed by atoms with Crippen LogP contribution in [-0.2, 0) is 16.0 Å². The van der Waals surface area contributed by atoms with Crippen LogP contribution in [-0.4, -0.2) is 30.5 Å². The van der Waals surface area contributed by atoms with Crippen molar-refractivity contribution in [2.24, 2.45) is 0 Å². The maximum atomic E-state index is 14.3. The zero-order valence-corrected chi connectivity index (χ0v) is 16.9. The number of esters is 1. The van der Waals surface area contributed by atoms with E-state index in [4.69, 9.17) is 21.3 Å². The predicted octanol–water partition coefficient (Wildman–Crippen LogP) is 4.42. The Bertz CT molecular complexity index is 1190. The molecule has 1 aliphatic carbocycles. The smallest absolute Gasteiger partial charge is 0.339 e. The normalized spacial score (nSPS) is 14.0. The molecule has 0 atom stereocenters. The molecular formula is C23H18ClFN2O3. The number of nitrogens with zero attached hydrogens (tertiary/aromatic N) is 1. The Labute approximate surface area is 177 Å². The molecule has 0 saturated heterocycles. The number of halogens is 2. The lowest BCUT2D eigenvalue weighted by atomic mass is 10.0. The van der Waals surface area contributed by atoms with Crippen molar-refractivity contribution in [2.45, 2.75) is 12.8 Å². The number of amides is 1. The van der Waals surface area contributed by atoms with Crippen LogP contribution < -0.4 is 5.32 Å². The summed E-state index contributed by atoms with van der Waals surface area (Å²) in [4.78, 5) is 29.1. The van der Waals surface area contributed by atoms with E-state index in [-0.39, 0.29) is 6.61 Å². The number of nitrogens with one attached hydrogen (secondary N) is 1. The largest absolute Gasteiger partial charge is 0.452 e. The van der Waals surface area contributed by atoms with Gasteiger partial charge >= 0.3 is 5.97 Å². The summed E-state index contributed by atoms with van der Waals surface area (Å²) in [5.74, 6) is -1.40. The van der Waals surface area contributed by atoms with E-state index >= 15 is 0 Å². The van der Waals surface area contributed by atoms with Crippen molar-refractivity contribution in [2.75, 3.05) is 13.7 Å². The number of carbonyl (C=O) groups excluding carboxylic acids is 2. The van der Waals surface area contributed by atoms with Gasteiger partial charge in [0, 0.05) is 18.0 Å². The van der Waals surface area contributed by atoms with Gasteiger partial charge in [-0.25, -0.2) is 14.2 Å². The maximum Gasteiger partial charge on any atom is 0.339 e. The average Bonchev–Trinajstić information content (AvgIpc) is 3.14. The quantitative estimate of drug-likeness (QED) is 0.629. The van der Waals surface area contributed by atoms with E-state index < -0.39 is 17.7 Å². The Morgan fingerprint density at radius 2 is 2.00 bits per heavy atom. The van der Waals surface area contributed by atoms with Gasteiger partial charge in [-0.2, -0.15) is 0 Å². The number of rotatable bonds is 4. The lowest BCUT2D eigenvalue weighted by Gasteiger charge is -2.12. The van der Waals surface area contributed by atoms with Gasteiger partial charge in [-0.15, -0.1) is 0 Å². The number of hydrogen-bond donors (Lipinski definition) is 1. The fraction of sp³-hybridized carbons (Fsp3) is 0.174. The van der Waals surface area contributed by atoms with Crippen molar-refractivity contribution in [3.63, 3.8) is 0 Å². The van der Waals surface area contributed by atoms with Crippen LogP contribution in [0.4, 0.5) is 4.39 Å². The Morgan fingerprint density at radius 1 is 1.20 bits per heavy atom. The van der Waals surface area contributed by atoms with Crippen molar-refractivity contribution in [1.82, 2.24) is 10.3 Å². The SMILES string of the molecule is CNC(=O)COC(=O)c1c2c(nc3ccccc13)/C(=C/c1c(F)cccc1Cl)CC2. The molecule has 0 unspecified atom stereocenters. The second kappa shape index (κ2) is 8.24. The molecule has 0 radical (unpaired) electrons. The molecule has 0 fully saturated rings. The Hall–Kier alpha value is -3.25. The van der Waals surface area contributed by atoms with Crippen LogP contribution >= 0.6 is 11.6 Å². The molecule has 152 valence electrons. The summed E-state index contributed by atoms with van der Waals surface area (Å²) in [6.45, 7) is -0.367. The van der Waals surface area contributed by atoms with Crippen LogP contribution in [0.15, 0.2) is 42.5 Å². The van der Waals surface area contributed by atoms with Gasteiger partial charge in [0.05, 0.1) is 21.8 Å². The number of allylic oxidation sites excluding steroid dienone is 1. The monoisotopic (exact) mass is 424 g/mol. The van der Waals surface area contributed by atoms with Crippen LogP contribution in [0.3, 0.4) is 0 Å². The summed E-state index contributed by atoms with van der Waals surface area (Å²) in [7, 11) is 1.47. The first-order valence-corrected chi connectivity index (χ1v) is 9.81. The van der Waals surface area contributed by atoms with Gasteiger partial charge in [0.15, 0.2) is 6.61 Å². The number of likely N-dealkylation sites (N-methyl/N-ethyl adjacent to an activating group) is 1. The second-order valence-corrected chi connectivity index (χ2v) is 7.29. The van der Waals surface area contributed by atoms with Crippen LogP contribution in [0.2, 0.25) is 5.02 Å². The van der Waals surface area contributed by atoms with Crippen LogP contribution in [0.5, 0.6) is 0 Å². The maximum absolute atomic E-state index is 14.3. The highest BCUT2D eigenvalue weighted by molar-refractivity contribution is 6.32. The van der Waals surface area contributed by atoms with Crippen LogP contribution in [0.25, 0.3) is 22.6 Å². The Morgan fingerprint density at radius 3 is 2.77 bits per heavy atom. The first-order chi connectivity index (χ1) is 14.5. The molecule has 0 spiro atoms. The molecule has 30 heavy (non-hydrogen) atoms. The van der Waals surface area contributed by atoms with Crippen molar-refractivity contribution in [1.29, 1.82) is 0 Å². The van der Waals surface area contributed by atoms with Gasteiger partial charge in [0.25, 0.3) is 5.91 Å². The molecule has 7 heteroatoms. The zero-order chi connectivity index (χ0) is 21.3. The van der Waals surface area contributed by atoms with Crippen molar-refractivity contribution < 1.29 is 18.7 Å². The Kier molecular flexibility index (Phi) is 5.50. The first kappa shape index (κ1) is 20.0. The van der Waals surface area contributed by atoms with Crippen molar-refractivity contribution in [3.8, 4) is 0 Å². The van der Waals surface area contributed by atoms with E-state index in [0.29, 0.717) is 45.6 Å². The molecule has 0 bridgehead atoms. The third kappa shape index (κ3) is 3.66. The highest BCUT2D eigenvalue weighted by atomic mass is 35.5. The summed E-state index contributed by atoms with van der Waals surface area (Å²) in [5, 5.41) is 3.38. The third-order valence-electron chi connectivity index (χ3n) is 5.08. The number of hydrogen-bond acceptors (Lipinski definition) is 4. The van der Waals surface area contributed by atoms with Gasteiger partial charge in [-0.1, -0.05) is 35.9 Å². The molecule has 1 amide bonds. The molecule has 0 aliphatic heterocycles. The van der Waals surface area contributed by atoms with E-state index in [0.717, 1.165) is 11.1 Å². The summed E-state index contributed by atoms with van der Waals surface area (Å²) < 4.78 is 19.5. The van der Waals surface area contributed by atoms with Crippen molar-refractivity contribution >= 4 is 46.0 Å². The van der Waals surface area contributed by atoms with E-state index in [1.807, 2.05) is 12.1 Å². The van der Waals surface area contributed by atoms with Gasteiger partial charge in [0.2, 0.25) is 0 Å². The molecule has 4 rings (SSSR count). The molecule has 5 nitrogen and oxygen atoms in total. The zero-order valence-electron chi connectivity index (χ0n) is 16.2. The minimum absolute atomic E-state index is 0.292. The van der Waals surface area contributed by atoms with Crippen LogP contribution in [0.1, 0.15) is 33.6 Å². The molecule has 1 aliphatic rings. The molecule has 2 aromatic carbocycles. The lowest BCUT2D eigenvalue weighted by molar-refractivity contribution is -0.123. The summed E-state index contributed by atoms with van der Waals surface area (Å²) in [6, 6.07) is 11.8.